The van der Waals surface area contributed by atoms with E-state index in [1.54, 1.807) is 24.3 Å². The second-order valence-electron chi connectivity index (χ2n) is 7.09. The predicted octanol–water partition coefficient (Wildman–Crippen LogP) is 4.19. The first-order valence-electron chi connectivity index (χ1n) is 9.12. The highest BCUT2D eigenvalue weighted by atomic mass is 35.5. The van der Waals surface area contributed by atoms with Crippen molar-refractivity contribution in [1.29, 1.82) is 0 Å². The van der Waals surface area contributed by atoms with Crippen molar-refractivity contribution < 1.29 is 9.59 Å². The minimum atomic E-state index is -0.0817. The summed E-state index contributed by atoms with van der Waals surface area (Å²) < 4.78 is 1.84. The summed E-state index contributed by atoms with van der Waals surface area (Å²) >= 11 is 5.92. The largest absolute Gasteiger partial charge is 0.344 e. The van der Waals surface area contributed by atoms with E-state index in [-0.39, 0.29) is 11.6 Å². The van der Waals surface area contributed by atoms with Crippen LogP contribution in [0.4, 0.5) is 0 Å². The number of ketones is 2. The molecule has 0 N–H and O–H groups in total. The van der Waals surface area contributed by atoms with Gasteiger partial charge in [0.15, 0.2) is 5.78 Å². The molecular weight excluding hydrogens is 348 g/mol. The molecule has 1 aromatic carbocycles. The summed E-state index contributed by atoms with van der Waals surface area (Å²) in [5.74, 6) is 0.0226. The first kappa shape index (κ1) is 18.9. The molecular formula is C21H25ClN2O2. The van der Waals surface area contributed by atoms with Crippen molar-refractivity contribution >= 4 is 23.2 Å². The summed E-state index contributed by atoms with van der Waals surface area (Å²) in [7, 11) is 1.85. The molecule has 3 rings (SSSR count). The lowest BCUT2D eigenvalue weighted by Crippen LogP contribution is -2.34. The number of benzene rings is 1. The fourth-order valence-corrected chi connectivity index (χ4v) is 3.97. The number of halogens is 1. The fourth-order valence-electron chi connectivity index (χ4n) is 3.85. The molecule has 1 aliphatic rings. The van der Waals surface area contributed by atoms with Gasteiger partial charge in [0.1, 0.15) is 0 Å². The number of rotatable bonds is 5. The average Bonchev–Trinajstić information content (AvgIpc) is 2.85. The second-order valence-corrected chi connectivity index (χ2v) is 7.53. The molecule has 1 aliphatic heterocycles. The summed E-state index contributed by atoms with van der Waals surface area (Å²) in [5.41, 5.74) is 3.46. The Bertz CT molecular complexity index is 831. The Morgan fingerprint density at radius 1 is 1.04 bits per heavy atom. The SMILES string of the molecule is Cc1c(C(=O)CN2CCCCC2)c(C)n(C)c1C(=O)c1ccc(Cl)cc1. The van der Waals surface area contributed by atoms with Gasteiger partial charge < -0.3 is 4.57 Å². The van der Waals surface area contributed by atoms with Crippen LogP contribution in [0.3, 0.4) is 0 Å². The molecule has 5 heteroatoms. The number of piperidine rings is 1. The highest BCUT2D eigenvalue weighted by Crippen LogP contribution is 2.25. The first-order valence-corrected chi connectivity index (χ1v) is 9.49. The summed E-state index contributed by atoms with van der Waals surface area (Å²) in [6.07, 6.45) is 3.55. The molecule has 0 amide bonds. The number of carbonyl (C=O) groups is 2. The van der Waals surface area contributed by atoms with Crippen molar-refractivity contribution in [3.05, 3.63) is 57.4 Å². The van der Waals surface area contributed by atoms with Gasteiger partial charge in [-0.05, 0) is 69.6 Å². The topological polar surface area (TPSA) is 42.3 Å². The zero-order valence-electron chi connectivity index (χ0n) is 15.6. The first-order chi connectivity index (χ1) is 12.4. The smallest absolute Gasteiger partial charge is 0.209 e. The van der Waals surface area contributed by atoms with Gasteiger partial charge in [-0.2, -0.15) is 0 Å². The van der Waals surface area contributed by atoms with Crippen LogP contribution in [0.2, 0.25) is 5.02 Å². The van der Waals surface area contributed by atoms with Gasteiger partial charge in [0.05, 0.1) is 12.2 Å². The molecule has 0 aliphatic carbocycles. The third kappa shape index (κ3) is 3.62. The monoisotopic (exact) mass is 372 g/mol. The number of aromatic nitrogens is 1. The third-order valence-electron chi connectivity index (χ3n) is 5.35. The minimum Gasteiger partial charge on any atom is -0.344 e. The Morgan fingerprint density at radius 2 is 1.65 bits per heavy atom. The molecule has 0 saturated carbocycles. The number of likely N-dealkylation sites (tertiary alicyclic amines) is 1. The molecule has 0 radical (unpaired) electrons. The molecule has 2 heterocycles. The van der Waals surface area contributed by atoms with E-state index < -0.39 is 0 Å². The van der Waals surface area contributed by atoms with Crippen molar-refractivity contribution in [2.45, 2.75) is 33.1 Å². The van der Waals surface area contributed by atoms with E-state index in [2.05, 4.69) is 4.90 Å². The Morgan fingerprint density at radius 3 is 2.27 bits per heavy atom. The Balaban J connectivity index is 1.91. The molecule has 1 saturated heterocycles. The summed E-state index contributed by atoms with van der Waals surface area (Å²) in [4.78, 5) is 28.2. The number of hydrogen-bond donors (Lipinski definition) is 0. The van der Waals surface area contributed by atoms with Crippen molar-refractivity contribution in [2.75, 3.05) is 19.6 Å². The van der Waals surface area contributed by atoms with Gasteiger partial charge in [-0.25, -0.2) is 0 Å². The molecule has 2 aromatic rings. The van der Waals surface area contributed by atoms with E-state index >= 15 is 0 Å². The molecule has 138 valence electrons. The van der Waals surface area contributed by atoms with Crippen molar-refractivity contribution in [3.63, 3.8) is 0 Å². The van der Waals surface area contributed by atoms with Crippen molar-refractivity contribution in [1.82, 2.24) is 9.47 Å². The number of carbonyl (C=O) groups excluding carboxylic acids is 2. The zero-order valence-corrected chi connectivity index (χ0v) is 16.4. The number of nitrogens with zero attached hydrogens (tertiary/aromatic N) is 2. The normalized spacial score (nSPS) is 15.2. The quantitative estimate of drug-likeness (QED) is 0.739. The molecule has 0 bridgehead atoms. The van der Waals surface area contributed by atoms with Gasteiger partial charge in [-0.15, -0.1) is 0 Å². The minimum absolute atomic E-state index is 0.0817. The van der Waals surface area contributed by atoms with E-state index in [4.69, 9.17) is 11.6 Å². The van der Waals surface area contributed by atoms with Crippen LogP contribution < -0.4 is 0 Å². The molecule has 0 unspecified atom stereocenters. The van der Waals surface area contributed by atoms with Crippen molar-refractivity contribution in [3.8, 4) is 0 Å². The Labute approximate surface area is 159 Å². The number of hydrogen-bond acceptors (Lipinski definition) is 3. The molecule has 0 spiro atoms. The maximum Gasteiger partial charge on any atom is 0.209 e. The molecule has 1 aromatic heterocycles. The van der Waals surface area contributed by atoms with Gasteiger partial charge in [-0.3, -0.25) is 14.5 Å². The lowest BCUT2D eigenvalue weighted by atomic mass is 10.0. The summed E-state index contributed by atoms with van der Waals surface area (Å²) in [5, 5.41) is 0.596. The predicted molar refractivity (Wildman–Crippen MR) is 104 cm³/mol. The second kappa shape index (κ2) is 7.77. The maximum atomic E-state index is 13.0. The molecule has 0 atom stereocenters. The van der Waals surface area contributed by atoms with Crippen LogP contribution in [-0.2, 0) is 7.05 Å². The zero-order chi connectivity index (χ0) is 18.8. The van der Waals surface area contributed by atoms with Crippen LogP contribution in [0.5, 0.6) is 0 Å². The Kier molecular flexibility index (Phi) is 5.64. The van der Waals surface area contributed by atoms with Crippen LogP contribution >= 0.6 is 11.6 Å². The van der Waals surface area contributed by atoms with Gasteiger partial charge in [0.2, 0.25) is 5.78 Å². The molecule has 1 fully saturated rings. The highest BCUT2D eigenvalue weighted by molar-refractivity contribution is 6.30. The van der Waals surface area contributed by atoms with Crippen LogP contribution in [0.15, 0.2) is 24.3 Å². The van der Waals surface area contributed by atoms with Crippen LogP contribution in [0, 0.1) is 13.8 Å². The third-order valence-corrected chi connectivity index (χ3v) is 5.60. The van der Waals surface area contributed by atoms with Crippen LogP contribution in [-0.4, -0.2) is 40.7 Å². The van der Waals surface area contributed by atoms with Crippen molar-refractivity contribution in [2.24, 2.45) is 7.05 Å². The van der Waals surface area contributed by atoms with E-state index in [0.717, 1.165) is 37.2 Å². The van der Waals surface area contributed by atoms with E-state index in [1.807, 2.05) is 25.5 Å². The van der Waals surface area contributed by atoms with Gasteiger partial charge in [0, 0.05) is 28.9 Å². The van der Waals surface area contributed by atoms with E-state index in [9.17, 15) is 9.59 Å². The lowest BCUT2D eigenvalue weighted by molar-refractivity contribution is 0.0914. The van der Waals surface area contributed by atoms with Crippen LogP contribution in [0.25, 0.3) is 0 Å². The Hall–Kier alpha value is -1.91. The lowest BCUT2D eigenvalue weighted by Gasteiger charge is -2.25. The molecule has 4 nitrogen and oxygen atoms in total. The van der Waals surface area contributed by atoms with Gasteiger partial charge in [0.25, 0.3) is 0 Å². The van der Waals surface area contributed by atoms with E-state index in [1.165, 1.54) is 6.42 Å². The summed E-state index contributed by atoms with van der Waals surface area (Å²) in [6.45, 7) is 6.18. The summed E-state index contributed by atoms with van der Waals surface area (Å²) in [6, 6.07) is 6.87. The maximum absolute atomic E-state index is 13.0. The van der Waals surface area contributed by atoms with Gasteiger partial charge in [-0.1, -0.05) is 18.0 Å². The standard InChI is InChI=1S/C21H25ClN2O2/c1-14-19(18(25)13-24-11-5-4-6-12-24)15(2)23(3)20(14)21(26)16-7-9-17(22)10-8-16/h7-10H,4-6,11-13H2,1-3H3. The van der Waals surface area contributed by atoms with Crippen LogP contribution in [0.1, 0.15) is 56.9 Å². The highest BCUT2D eigenvalue weighted by Gasteiger charge is 2.26. The average molecular weight is 373 g/mol. The number of Topliss-reactive ketones (excluding diaryl/α,β-unsaturated/α-hetero) is 1. The van der Waals surface area contributed by atoms with Gasteiger partial charge >= 0.3 is 0 Å². The molecule has 26 heavy (non-hydrogen) atoms. The van der Waals surface area contributed by atoms with E-state index in [0.29, 0.717) is 28.4 Å². The fraction of sp³-hybridized carbons (Fsp3) is 0.429.